The second-order valence-corrected chi connectivity index (χ2v) is 7.79. The molecule has 2 rings (SSSR count). The van der Waals surface area contributed by atoms with Gasteiger partial charge < -0.3 is 14.9 Å². The zero-order valence-corrected chi connectivity index (χ0v) is 17.6. The first-order valence-electron chi connectivity index (χ1n) is 8.47. The zero-order chi connectivity index (χ0) is 20.0. The lowest BCUT2D eigenvalue weighted by atomic mass is 10.1. The van der Waals surface area contributed by atoms with Gasteiger partial charge in [-0.1, -0.05) is 23.7 Å². The summed E-state index contributed by atoms with van der Waals surface area (Å²) in [7, 11) is 1.45. The summed E-state index contributed by atoms with van der Waals surface area (Å²) in [5, 5.41) is 7.95. The number of pyridine rings is 1. The fourth-order valence-corrected chi connectivity index (χ4v) is 3.16. The second-order valence-electron chi connectivity index (χ2n) is 6.49. The molecule has 0 saturated carbocycles. The summed E-state index contributed by atoms with van der Waals surface area (Å²) in [4.78, 5) is 21.7. The van der Waals surface area contributed by atoms with Gasteiger partial charge in [0, 0.05) is 17.6 Å². The van der Waals surface area contributed by atoms with E-state index < -0.39 is 11.0 Å². The number of hydrogen-bond donors (Lipinski definition) is 1. The molecular weight excluding hydrogens is 386 g/mol. The van der Waals surface area contributed by atoms with Gasteiger partial charge in [-0.25, -0.2) is 0 Å². The molecule has 0 aliphatic carbocycles. The third kappa shape index (κ3) is 5.74. The third-order valence-electron chi connectivity index (χ3n) is 3.77. The van der Waals surface area contributed by atoms with E-state index in [2.05, 4.69) is 27.2 Å². The summed E-state index contributed by atoms with van der Waals surface area (Å²) in [6.45, 7) is 5.69. The summed E-state index contributed by atoms with van der Waals surface area (Å²) >= 11 is 7.63. The Morgan fingerprint density at radius 1 is 1.44 bits per heavy atom. The van der Waals surface area contributed by atoms with Crippen molar-refractivity contribution in [2.24, 2.45) is 5.16 Å². The first-order valence-corrected chi connectivity index (χ1v) is 10.1. The van der Waals surface area contributed by atoms with Crippen LogP contribution in [0.4, 0.5) is 0 Å². The Hall–Kier alpha value is -1.99. The van der Waals surface area contributed by atoms with Crippen LogP contribution in [0.3, 0.4) is 0 Å². The molecule has 1 aromatic carbocycles. The van der Waals surface area contributed by atoms with Gasteiger partial charge in [0.1, 0.15) is 12.9 Å². The number of halogens is 1. The van der Waals surface area contributed by atoms with Gasteiger partial charge in [0.2, 0.25) is 5.44 Å². The van der Waals surface area contributed by atoms with Gasteiger partial charge in [0.25, 0.3) is 5.91 Å². The lowest BCUT2D eigenvalue weighted by Crippen LogP contribution is -2.49. The molecule has 1 amide bonds. The normalized spacial score (nSPS) is 13.0. The number of nitrogens with one attached hydrogen (secondary N) is 1. The maximum atomic E-state index is 12.6. The number of carbonyl (C=O) groups is 1. The lowest BCUT2D eigenvalue weighted by molar-refractivity contribution is -0.125. The highest BCUT2D eigenvalue weighted by Gasteiger charge is 2.26. The number of hydrogen-bond acceptors (Lipinski definition) is 6. The number of aryl methyl sites for hydroxylation is 1. The Kier molecular flexibility index (Phi) is 7.33. The molecular formula is C19H24ClN3O3S. The number of fused-ring (bicyclic) bond motifs is 1. The summed E-state index contributed by atoms with van der Waals surface area (Å²) in [5.74, 6) is 0.243. The van der Waals surface area contributed by atoms with Crippen molar-refractivity contribution in [2.45, 2.75) is 38.2 Å². The largest absolute Gasteiger partial charge is 0.470 e. The molecule has 1 aromatic heterocycles. The summed E-state index contributed by atoms with van der Waals surface area (Å²) in [6.07, 6.45) is 6.02. The van der Waals surface area contributed by atoms with Crippen molar-refractivity contribution in [3.05, 3.63) is 35.0 Å². The minimum Gasteiger partial charge on any atom is -0.470 e. The number of nitrogens with zero attached hydrogens (tertiary/aromatic N) is 2. The molecule has 27 heavy (non-hydrogen) atoms. The van der Waals surface area contributed by atoms with E-state index in [1.54, 1.807) is 12.3 Å². The minimum absolute atomic E-state index is 0.272. The highest BCUT2D eigenvalue weighted by Crippen LogP contribution is 2.30. The minimum atomic E-state index is -0.740. The van der Waals surface area contributed by atoms with Gasteiger partial charge in [-0.15, -0.1) is 11.8 Å². The van der Waals surface area contributed by atoms with Gasteiger partial charge in [0.15, 0.2) is 0 Å². The highest BCUT2D eigenvalue weighted by molar-refractivity contribution is 7.99. The van der Waals surface area contributed by atoms with E-state index in [0.717, 1.165) is 17.4 Å². The van der Waals surface area contributed by atoms with Gasteiger partial charge in [-0.3, -0.25) is 9.78 Å². The Bertz CT molecular complexity index is 842. The van der Waals surface area contributed by atoms with E-state index in [1.807, 2.05) is 32.2 Å². The monoisotopic (exact) mass is 409 g/mol. The van der Waals surface area contributed by atoms with Crippen LogP contribution in [0.15, 0.2) is 29.6 Å². The Morgan fingerprint density at radius 2 is 2.19 bits per heavy atom. The van der Waals surface area contributed by atoms with Crippen molar-refractivity contribution in [3.63, 3.8) is 0 Å². The molecule has 0 bridgehead atoms. The molecule has 8 heteroatoms. The van der Waals surface area contributed by atoms with Crippen molar-refractivity contribution in [3.8, 4) is 5.75 Å². The van der Waals surface area contributed by atoms with Crippen molar-refractivity contribution in [2.75, 3.05) is 13.4 Å². The maximum Gasteiger partial charge on any atom is 0.272 e. The molecule has 0 fully saturated rings. The predicted octanol–water partition coefficient (Wildman–Crippen LogP) is 4.05. The standard InChI is InChI=1S/C19H24ClN3O3S/c1-6-12-7-13-8-14(9-15(20)16(13)21-10-12)26-18(27-5)17(24)23-19(2,3)11-22-25-4/h7-11,18H,6H2,1-5H3,(H,23,24). The Morgan fingerprint density at radius 3 is 2.81 bits per heavy atom. The average Bonchev–Trinajstić information content (AvgIpc) is 2.63. The quantitative estimate of drug-likeness (QED) is 0.404. The summed E-state index contributed by atoms with van der Waals surface area (Å²) in [6, 6.07) is 5.55. The van der Waals surface area contributed by atoms with Crippen LogP contribution in [0, 0.1) is 0 Å². The van der Waals surface area contributed by atoms with Crippen LogP contribution in [-0.4, -0.2) is 41.4 Å². The molecule has 1 atom stereocenters. The average molecular weight is 410 g/mol. The summed E-state index contributed by atoms with van der Waals surface area (Å²) < 4.78 is 5.90. The second kappa shape index (κ2) is 9.28. The molecule has 0 saturated heterocycles. The molecule has 0 radical (unpaired) electrons. The number of oxime groups is 1. The van der Waals surface area contributed by atoms with E-state index in [4.69, 9.17) is 16.3 Å². The number of ether oxygens (including phenoxy) is 1. The van der Waals surface area contributed by atoms with Crippen LogP contribution in [0.25, 0.3) is 10.9 Å². The number of carbonyl (C=O) groups excluding carboxylic acids is 1. The van der Waals surface area contributed by atoms with Crippen LogP contribution >= 0.6 is 23.4 Å². The fraction of sp³-hybridized carbons (Fsp3) is 0.421. The van der Waals surface area contributed by atoms with Gasteiger partial charge >= 0.3 is 0 Å². The molecule has 1 heterocycles. The van der Waals surface area contributed by atoms with Crippen molar-refractivity contribution < 1.29 is 14.4 Å². The first-order chi connectivity index (χ1) is 12.8. The molecule has 1 unspecified atom stereocenters. The van der Waals surface area contributed by atoms with E-state index in [9.17, 15) is 4.79 Å². The number of benzene rings is 1. The molecule has 0 spiro atoms. The summed E-state index contributed by atoms with van der Waals surface area (Å²) in [5.41, 5.74) is 0.402. The number of rotatable bonds is 8. The number of amides is 1. The number of aromatic nitrogens is 1. The Balaban J connectivity index is 2.22. The molecule has 0 aliphatic heterocycles. The van der Waals surface area contributed by atoms with E-state index in [1.165, 1.54) is 25.1 Å². The molecule has 146 valence electrons. The van der Waals surface area contributed by atoms with Crippen LogP contribution in [0.1, 0.15) is 26.3 Å². The topological polar surface area (TPSA) is 72.8 Å². The molecule has 6 nitrogen and oxygen atoms in total. The highest BCUT2D eigenvalue weighted by atomic mass is 35.5. The maximum absolute atomic E-state index is 12.6. The lowest BCUT2D eigenvalue weighted by Gasteiger charge is -2.24. The van der Waals surface area contributed by atoms with Crippen LogP contribution in [-0.2, 0) is 16.1 Å². The SMILES string of the molecule is CCc1cnc2c(Cl)cc(OC(SC)C(=O)NC(C)(C)C=NOC)cc2c1. The smallest absolute Gasteiger partial charge is 0.272 e. The van der Waals surface area contributed by atoms with E-state index >= 15 is 0 Å². The molecule has 1 N–H and O–H groups in total. The van der Waals surface area contributed by atoms with Crippen molar-refractivity contribution in [1.82, 2.24) is 10.3 Å². The Labute approximate surface area is 168 Å². The first kappa shape index (κ1) is 21.3. The van der Waals surface area contributed by atoms with Crippen molar-refractivity contribution in [1.29, 1.82) is 0 Å². The van der Waals surface area contributed by atoms with Crippen molar-refractivity contribution >= 4 is 46.4 Å². The zero-order valence-electron chi connectivity index (χ0n) is 16.1. The van der Waals surface area contributed by atoms with E-state index in [-0.39, 0.29) is 5.91 Å². The van der Waals surface area contributed by atoms with Crippen LogP contribution in [0.2, 0.25) is 5.02 Å². The van der Waals surface area contributed by atoms with Crippen LogP contribution in [0.5, 0.6) is 5.75 Å². The fourth-order valence-electron chi connectivity index (χ4n) is 2.41. The third-order valence-corrected chi connectivity index (χ3v) is 4.80. The van der Waals surface area contributed by atoms with Gasteiger partial charge in [0.05, 0.1) is 22.3 Å². The number of thioether (sulfide) groups is 1. The van der Waals surface area contributed by atoms with E-state index in [0.29, 0.717) is 16.3 Å². The predicted molar refractivity (Wildman–Crippen MR) is 112 cm³/mol. The molecule has 2 aromatic rings. The van der Waals surface area contributed by atoms with Gasteiger partial charge in [-0.05, 0) is 44.2 Å². The van der Waals surface area contributed by atoms with Crippen LogP contribution < -0.4 is 10.1 Å². The molecule has 0 aliphatic rings. The van der Waals surface area contributed by atoms with Gasteiger partial charge in [-0.2, -0.15) is 0 Å².